The van der Waals surface area contributed by atoms with Crippen molar-refractivity contribution in [2.45, 2.75) is 58.2 Å². The van der Waals surface area contributed by atoms with Gasteiger partial charge in [-0.15, -0.1) is 10.0 Å². The van der Waals surface area contributed by atoms with Crippen molar-refractivity contribution in [3.8, 4) is 0 Å². The van der Waals surface area contributed by atoms with Gasteiger partial charge in [0.15, 0.2) is 5.69 Å². The quantitative estimate of drug-likeness (QED) is 0.384. The van der Waals surface area contributed by atoms with Gasteiger partial charge in [0.05, 0.1) is 18.6 Å². The summed E-state index contributed by atoms with van der Waals surface area (Å²) in [4.78, 5) is 28.9. The second-order valence-electron chi connectivity index (χ2n) is 10.8. The maximum atomic E-state index is 12.9. The fourth-order valence-corrected chi connectivity index (χ4v) is 4.96. The summed E-state index contributed by atoms with van der Waals surface area (Å²) in [5.41, 5.74) is 6.15. The van der Waals surface area contributed by atoms with Crippen LogP contribution in [0.3, 0.4) is 0 Å². The number of carbonyl (C=O) groups is 1. The van der Waals surface area contributed by atoms with Crippen molar-refractivity contribution >= 4 is 35.6 Å². The number of nitrogens with zero attached hydrogens (tertiary/aromatic N) is 5. The molecule has 0 spiro atoms. The Balaban J connectivity index is 1.41. The number of likely N-dealkylation sites (tertiary alicyclic amines) is 1. The molecule has 1 amide bonds. The second-order valence-corrected chi connectivity index (χ2v) is 10.8. The van der Waals surface area contributed by atoms with Crippen LogP contribution in [0.1, 0.15) is 52.1 Å². The molecule has 0 saturated carbocycles. The maximum absolute atomic E-state index is 12.9. The molecule has 9 nitrogen and oxygen atoms in total. The first-order valence-electron chi connectivity index (χ1n) is 13.2. The number of hydrogen-bond acceptors (Lipinski definition) is 7. The number of ether oxygens (including phenoxy) is 1. The van der Waals surface area contributed by atoms with E-state index in [1.165, 1.54) is 0 Å². The molecule has 0 aliphatic carbocycles. The number of amides is 1. The molecule has 3 heterocycles. The monoisotopic (exact) mass is 514 g/mol. The Bertz CT molecular complexity index is 1310. The molecule has 0 radical (unpaired) electrons. The molecule has 2 aliphatic heterocycles. The van der Waals surface area contributed by atoms with Crippen molar-refractivity contribution in [1.82, 2.24) is 24.9 Å². The number of aromatic nitrogens is 2. The van der Waals surface area contributed by atoms with Crippen molar-refractivity contribution in [3.63, 3.8) is 0 Å². The normalized spacial score (nSPS) is 21.3. The summed E-state index contributed by atoms with van der Waals surface area (Å²) >= 11 is 0. The summed E-state index contributed by atoms with van der Waals surface area (Å²) in [5, 5.41) is 3.43. The Morgan fingerprint density at radius 1 is 1.13 bits per heavy atom. The van der Waals surface area contributed by atoms with E-state index in [-0.39, 0.29) is 22.8 Å². The maximum Gasteiger partial charge on any atom is 0.410 e. The van der Waals surface area contributed by atoms with Gasteiger partial charge < -0.3 is 15.0 Å². The van der Waals surface area contributed by atoms with Crippen molar-refractivity contribution in [2.24, 2.45) is 4.99 Å². The molecule has 38 heavy (non-hydrogen) atoms. The predicted octanol–water partition coefficient (Wildman–Crippen LogP) is 5.87. The van der Waals surface area contributed by atoms with Gasteiger partial charge in [0.1, 0.15) is 11.3 Å². The number of quaternary nitrogens is 1. The molecule has 2 aromatic carbocycles. The van der Waals surface area contributed by atoms with E-state index < -0.39 is 5.60 Å². The number of hydrogen-bond donors (Lipinski definition) is 2. The van der Waals surface area contributed by atoms with Crippen LogP contribution in [0.15, 0.2) is 71.9 Å². The standard InChI is InChI=1S/C29H36N7O2/c1-21(22-11-6-5-7-12-22)33-27-30-17-16-26(34-27)36(20-31-24-14-8-9-15-25(24)36)32-19-23-13-10-18-35(23)28(37)38-29(2,3)4/h5-9,11-12,14-17,20-21,23,32H,10,13,18-19H2,1-4H3,(H,30,33,34)/q+1. The van der Waals surface area contributed by atoms with Gasteiger partial charge in [-0.2, -0.15) is 9.98 Å². The van der Waals surface area contributed by atoms with Gasteiger partial charge in [0.25, 0.3) is 5.82 Å². The molecule has 9 heteroatoms. The van der Waals surface area contributed by atoms with E-state index in [0.29, 0.717) is 19.0 Å². The zero-order valence-corrected chi connectivity index (χ0v) is 22.5. The molecule has 5 rings (SSSR count). The lowest BCUT2D eigenvalue weighted by atomic mass is 10.1. The third-order valence-corrected chi connectivity index (χ3v) is 6.86. The van der Waals surface area contributed by atoms with Crippen molar-refractivity contribution < 1.29 is 9.53 Å². The molecule has 2 aliphatic rings. The third-order valence-electron chi connectivity index (χ3n) is 6.86. The fourth-order valence-electron chi connectivity index (χ4n) is 4.96. The molecule has 1 fully saturated rings. The smallest absolute Gasteiger partial charge is 0.410 e. The van der Waals surface area contributed by atoms with Crippen molar-refractivity contribution in [3.05, 3.63) is 72.4 Å². The second kappa shape index (κ2) is 10.5. The molecular weight excluding hydrogens is 478 g/mol. The highest BCUT2D eigenvalue weighted by Gasteiger charge is 2.43. The Hall–Kier alpha value is -3.82. The average molecular weight is 515 g/mol. The predicted molar refractivity (Wildman–Crippen MR) is 151 cm³/mol. The first-order valence-corrected chi connectivity index (χ1v) is 13.2. The van der Waals surface area contributed by atoms with Crippen LogP contribution in [-0.4, -0.2) is 52.0 Å². The lowest BCUT2D eigenvalue weighted by Gasteiger charge is -2.33. The van der Waals surface area contributed by atoms with Crippen LogP contribution in [0, 0.1) is 0 Å². The number of fused-ring (bicyclic) bond motifs is 1. The third kappa shape index (κ3) is 5.39. The molecular formula is C29H36N7O2+. The molecule has 2 N–H and O–H groups in total. The number of rotatable bonds is 7. The number of para-hydroxylation sites is 2. The van der Waals surface area contributed by atoms with Gasteiger partial charge in [-0.1, -0.05) is 42.5 Å². The van der Waals surface area contributed by atoms with E-state index in [9.17, 15) is 4.79 Å². The molecule has 1 aromatic heterocycles. The SMILES string of the molecule is CC(Nc1nccc([N+]2(NCC3CCCN3C(=O)OC(C)(C)C)C=Nc3ccccc32)n1)c1ccccc1. The minimum Gasteiger partial charge on any atom is -0.444 e. The van der Waals surface area contributed by atoms with E-state index in [2.05, 4.69) is 40.8 Å². The van der Waals surface area contributed by atoms with Gasteiger partial charge in [-0.25, -0.2) is 9.78 Å². The zero-order chi connectivity index (χ0) is 26.8. The Kier molecular flexibility index (Phi) is 7.14. The highest BCUT2D eigenvalue weighted by molar-refractivity contribution is 5.93. The van der Waals surface area contributed by atoms with E-state index in [0.717, 1.165) is 35.6 Å². The summed E-state index contributed by atoms with van der Waals surface area (Å²) in [6, 6.07) is 20.2. The lowest BCUT2D eigenvalue weighted by Crippen LogP contribution is -2.57. The van der Waals surface area contributed by atoms with Gasteiger partial charge in [-0.3, -0.25) is 0 Å². The van der Waals surface area contributed by atoms with Gasteiger partial charge in [-0.05, 0) is 52.2 Å². The van der Waals surface area contributed by atoms with Crippen LogP contribution >= 0.6 is 0 Å². The van der Waals surface area contributed by atoms with Crippen LogP contribution in [0.4, 0.5) is 27.9 Å². The first-order chi connectivity index (χ1) is 18.2. The Morgan fingerprint density at radius 3 is 2.68 bits per heavy atom. The number of benzene rings is 2. The lowest BCUT2D eigenvalue weighted by molar-refractivity contribution is 0.0221. The summed E-state index contributed by atoms with van der Waals surface area (Å²) in [5.74, 6) is 1.27. The minimum atomic E-state index is -0.534. The van der Waals surface area contributed by atoms with Crippen LogP contribution in [0.25, 0.3) is 0 Å². The van der Waals surface area contributed by atoms with Crippen LogP contribution < -0.4 is 15.3 Å². The molecule has 0 bridgehead atoms. The minimum absolute atomic E-state index is 0.00134. The summed E-state index contributed by atoms with van der Waals surface area (Å²) in [6.45, 7) is 9.01. The molecule has 3 unspecified atom stereocenters. The first kappa shape index (κ1) is 25.8. The van der Waals surface area contributed by atoms with Gasteiger partial charge in [0, 0.05) is 24.9 Å². The van der Waals surface area contributed by atoms with Gasteiger partial charge >= 0.3 is 6.09 Å². The molecule has 3 aromatic rings. The topological polar surface area (TPSA) is 91.7 Å². The van der Waals surface area contributed by atoms with Crippen molar-refractivity contribution in [2.75, 3.05) is 18.4 Å². The summed E-state index contributed by atoms with van der Waals surface area (Å²) in [7, 11) is 0. The van der Waals surface area contributed by atoms with Crippen LogP contribution in [0.2, 0.25) is 0 Å². The van der Waals surface area contributed by atoms with E-state index >= 15 is 0 Å². The highest BCUT2D eigenvalue weighted by Crippen LogP contribution is 2.42. The Labute approximate surface area is 224 Å². The fraction of sp³-hybridized carbons (Fsp3) is 0.379. The average Bonchev–Trinajstić information content (AvgIpc) is 3.53. The van der Waals surface area contributed by atoms with Crippen molar-refractivity contribution in [1.29, 1.82) is 0 Å². The molecule has 198 valence electrons. The number of nitrogens with one attached hydrogen (secondary N) is 2. The van der Waals surface area contributed by atoms with E-state index in [1.54, 1.807) is 6.20 Å². The summed E-state index contributed by atoms with van der Waals surface area (Å²) < 4.78 is 5.81. The number of aliphatic imine (C=N–C) groups is 1. The summed E-state index contributed by atoms with van der Waals surface area (Å²) in [6.07, 6.45) is 5.20. The number of carbonyl (C=O) groups excluding carboxylic acids is 1. The highest BCUT2D eigenvalue weighted by atomic mass is 16.6. The van der Waals surface area contributed by atoms with E-state index in [1.807, 2.05) is 74.5 Å². The molecule has 3 atom stereocenters. The zero-order valence-electron chi connectivity index (χ0n) is 22.5. The van der Waals surface area contributed by atoms with Crippen LogP contribution in [-0.2, 0) is 4.74 Å². The molecule has 1 saturated heterocycles. The largest absolute Gasteiger partial charge is 0.444 e. The van der Waals surface area contributed by atoms with E-state index in [4.69, 9.17) is 14.7 Å². The Morgan fingerprint density at radius 2 is 1.89 bits per heavy atom. The van der Waals surface area contributed by atoms with Gasteiger partial charge in [0.2, 0.25) is 12.3 Å². The van der Waals surface area contributed by atoms with Crippen LogP contribution in [0.5, 0.6) is 0 Å². The number of anilines is 1.